The Morgan fingerprint density at radius 1 is 1.59 bits per heavy atom. The van der Waals surface area contributed by atoms with Crippen LogP contribution in [0.2, 0.25) is 0 Å². The summed E-state index contributed by atoms with van der Waals surface area (Å²) in [5.41, 5.74) is 0. The molecule has 0 radical (unpaired) electrons. The molecule has 1 amide bonds. The number of thiophene rings is 1. The molecule has 1 aromatic rings. The molecule has 1 aromatic heterocycles. The Bertz CT molecular complexity index is 346. The van der Waals surface area contributed by atoms with E-state index in [1.807, 2.05) is 0 Å². The van der Waals surface area contributed by atoms with Gasteiger partial charge < -0.3 is 10.6 Å². The van der Waals surface area contributed by atoms with E-state index in [0.717, 1.165) is 25.7 Å². The molecule has 0 bridgehead atoms. The maximum atomic E-state index is 11.6. The van der Waals surface area contributed by atoms with Crippen molar-refractivity contribution in [1.29, 1.82) is 0 Å². The van der Waals surface area contributed by atoms with Crippen LogP contribution in [-0.2, 0) is 4.79 Å². The molecular weight excluding hydrogens is 232 g/mol. The Morgan fingerprint density at radius 3 is 3.00 bits per heavy atom. The van der Waals surface area contributed by atoms with Gasteiger partial charge in [-0.2, -0.15) is 0 Å². The average Bonchev–Trinajstić information content (AvgIpc) is 2.96. The van der Waals surface area contributed by atoms with E-state index in [2.05, 4.69) is 35.1 Å². The second-order valence-corrected chi connectivity index (χ2v) is 5.56. The largest absolute Gasteiger partial charge is 0.352 e. The van der Waals surface area contributed by atoms with Crippen molar-refractivity contribution in [2.24, 2.45) is 0 Å². The molecule has 3 nitrogen and oxygen atoms in total. The van der Waals surface area contributed by atoms with E-state index in [-0.39, 0.29) is 5.91 Å². The van der Waals surface area contributed by atoms with Gasteiger partial charge in [0.25, 0.3) is 0 Å². The lowest BCUT2D eigenvalue weighted by Crippen LogP contribution is -2.36. The quantitative estimate of drug-likeness (QED) is 0.782. The number of amides is 1. The van der Waals surface area contributed by atoms with Crippen molar-refractivity contribution in [3.05, 3.63) is 22.4 Å². The maximum Gasteiger partial charge on any atom is 0.234 e. The average molecular weight is 252 g/mol. The molecule has 1 unspecified atom stereocenters. The van der Waals surface area contributed by atoms with Crippen LogP contribution in [0, 0.1) is 0 Å². The summed E-state index contributed by atoms with van der Waals surface area (Å²) >= 11 is 1.75. The van der Waals surface area contributed by atoms with Crippen LogP contribution >= 0.6 is 11.3 Å². The highest BCUT2D eigenvalue weighted by atomic mass is 32.1. The Hall–Kier alpha value is -0.870. The van der Waals surface area contributed by atoms with Crippen molar-refractivity contribution >= 4 is 17.2 Å². The normalized spacial score (nSPS) is 16.8. The van der Waals surface area contributed by atoms with Crippen molar-refractivity contribution in [1.82, 2.24) is 10.6 Å². The van der Waals surface area contributed by atoms with E-state index < -0.39 is 0 Å². The zero-order chi connectivity index (χ0) is 12.1. The molecule has 1 aliphatic carbocycles. The molecule has 94 valence electrons. The standard InChI is InChI=1S/C13H20N2OS/c1-2-4-11(12-5-3-8-17-12)14-9-13(16)15-10-6-7-10/h3,5,8,10-11,14H,2,4,6-7,9H2,1H3,(H,15,16). The summed E-state index contributed by atoms with van der Waals surface area (Å²) in [7, 11) is 0. The van der Waals surface area contributed by atoms with Crippen LogP contribution in [0.3, 0.4) is 0 Å². The topological polar surface area (TPSA) is 41.1 Å². The fourth-order valence-electron chi connectivity index (χ4n) is 1.85. The van der Waals surface area contributed by atoms with E-state index in [0.29, 0.717) is 18.6 Å². The number of nitrogens with one attached hydrogen (secondary N) is 2. The first-order chi connectivity index (χ1) is 8.29. The first kappa shape index (κ1) is 12.6. The number of rotatable bonds is 7. The second-order valence-electron chi connectivity index (χ2n) is 4.58. The summed E-state index contributed by atoms with van der Waals surface area (Å²) in [6.45, 7) is 2.60. The van der Waals surface area contributed by atoms with Crippen molar-refractivity contribution in [3.63, 3.8) is 0 Å². The van der Waals surface area contributed by atoms with Gasteiger partial charge in [0.05, 0.1) is 6.54 Å². The number of hydrogen-bond acceptors (Lipinski definition) is 3. The van der Waals surface area contributed by atoms with Gasteiger partial charge in [-0.3, -0.25) is 4.79 Å². The number of hydrogen-bond donors (Lipinski definition) is 2. The van der Waals surface area contributed by atoms with Gasteiger partial charge >= 0.3 is 0 Å². The van der Waals surface area contributed by atoms with Crippen LogP contribution in [0.4, 0.5) is 0 Å². The molecular formula is C13H20N2OS. The van der Waals surface area contributed by atoms with Crippen LogP contribution < -0.4 is 10.6 Å². The van der Waals surface area contributed by atoms with E-state index >= 15 is 0 Å². The molecule has 1 fully saturated rings. The molecule has 0 aliphatic heterocycles. The minimum atomic E-state index is 0.130. The van der Waals surface area contributed by atoms with Gasteiger partial charge in [0.2, 0.25) is 5.91 Å². The SMILES string of the molecule is CCCC(NCC(=O)NC1CC1)c1cccs1. The van der Waals surface area contributed by atoms with Crippen LogP contribution in [0.5, 0.6) is 0 Å². The molecule has 0 saturated heterocycles. The van der Waals surface area contributed by atoms with Gasteiger partial charge in [-0.15, -0.1) is 11.3 Å². The van der Waals surface area contributed by atoms with Crippen LogP contribution in [0.1, 0.15) is 43.5 Å². The number of carbonyl (C=O) groups is 1. The number of carbonyl (C=O) groups excluding carboxylic acids is 1. The fraction of sp³-hybridized carbons (Fsp3) is 0.615. The Kier molecular flexibility index (Phi) is 4.57. The molecule has 1 saturated carbocycles. The predicted molar refractivity (Wildman–Crippen MR) is 71.1 cm³/mol. The van der Waals surface area contributed by atoms with Gasteiger partial charge in [-0.1, -0.05) is 19.4 Å². The van der Waals surface area contributed by atoms with E-state index in [1.54, 1.807) is 11.3 Å². The molecule has 17 heavy (non-hydrogen) atoms. The highest BCUT2D eigenvalue weighted by Gasteiger charge is 2.23. The first-order valence-electron chi connectivity index (χ1n) is 6.35. The first-order valence-corrected chi connectivity index (χ1v) is 7.23. The fourth-order valence-corrected chi connectivity index (χ4v) is 2.68. The molecule has 4 heteroatoms. The summed E-state index contributed by atoms with van der Waals surface area (Å²) in [5, 5.41) is 8.44. The Balaban J connectivity index is 1.78. The molecule has 1 aliphatic rings. The summed E-state index contributed by atoms with van der Waals surface area (Å²) in [5.74, 6) is 0.130. The monoisotopic (exact) mass is 252 g/mol. The smallest absolute Gasteiger partial charge is 0.234 e. The van der Waals surface area contributed by atoms with E-state index in [1.165, 1.54) is 4.88 Å². The molecule has 2 rings (SSSR count). The lowest BCUT2D eigenvalue weighted by molar-refractivity contribution is -0.120. The van der Waals surface area contributed by atoms with Gasteiger partial charge in [-0.05, 0) is 30.7 Å². The van der Waals surface area contributed by atoms with Crippen LogP contribution in [0.25, 0.3) is 0 Å². The van der Waals surface area contributed by atoms with Crippen LogP contribution in [-0.4, -0.2) is 18.5 Å². The maximum absolute atomic E-state index is 11.6. The van der Waals surface area contributed by atoms with E-state index in [9.17, 15) is 4.79 Å². The third kappa shape index (κ3) is 4.13. The molecule has 0 aromatic carbocycles. The predicted octanol–water partition coefficient (Wildman–Crippen LogP) is 2.46. The van der Waals surface area contributed by atoms with E-state index in [4.69, 9.17) is 0 Å². The Labute approximate surface area is 107 Å². The van der Waals surface area contributed by atoms with Gasteiger partial charge in [0, 0.05) is 17.0 Å². The Morgan fingerprint density at radius 2 is 2.41 bits per heavy atom. The van der Waals surface area contributed by atoms with Crippen LogP contribution in [0.15, 0.2) is 17.5 Å². The minimum Gasteiger partial charge on any atom is -0.352 e. The molecule has 0 spiro atoms. The van der Waals surface area contributed by atoms with Gasteiger partial charge in [-0.25, -0.2) is 0 Å². The third-order valence-electron chi connectivity index (χ3n) is 2.92. The summed E-state index contributed by atoms with van der Waals surface area (Å²) in [6.07, 6.45) is 4.50. The summed E-state index contributed by atoms with van der Waals surface area (Å²) < 4.78 is 0. The van der Waals surface area contributed by atoms with Crippen molar-refractivity contribution < 1.29 is 4.79 Å². The third-order valence-corrected chi connectivity index (χ3v) is 3.90. The van der Waals surface area contributed by atoms with Gasteiger partial charge in [0.15, 0.2) is 0 Å². The van der Waals surface area contributed by atoms with Crippen molar-refractivity contribution in [3.8, 4) is 0 Å². The molecule has 1 atom stereocenters. The lowest BCUT2D eigenvalue weighted by atomic mass is 10.1. The minimum absolute atomic E-state index is 0.130. The highest BCUT2D eigenvalue weighted by molar-refractivity contribution is 7.10. The zero-order valence-electron chi connectivity index (χ0n) is 10.2. The summed E-state index contributed by atoms with van der Waals surface area (Å²) in [6, 6.07) is 4.98. The lowest BCUT2D eigenvalue weighted by Gasteiger charge is -2.16. The summed E-state index contributed by atoms with van der Waals surface area (Å²) in [4.78, 5) is 12.9. The molecule has 2 N–H and O–H groups in total. The second kappa shape index (κ2) is 6.17. The van der Waals surface area contributed by atoms with Crippen molar-refractivity contribution in [2.75, 3.05) is 6.54 Å². The zero-order valence-corrected chi connectivity index (χ0v) is 11.1. The van der Waals surface area contributed by atoms with Gasteiger partial charge in [0.1, 0.15) is 0 Å². The molecule has 1 heterocycles. The highest BCUT2D eigenvalue weighted by Crippen LogP contribution is 2.23. The van der Waals surface area contributed by atoms with Crippen molar-refractivity contribution in [2.45, 2.75) is 44.7 Å².